The fourth-order valence-electron chi connectivity index (χ4n) is 2.86. The third-order valence-corrected chi connectivity index (χ3v) is 4.03. The number of amides is 1. The van der Waals surface area contributed by atoms with Gasteiger partial charge in [0, 0.05) is 12.6 Å². The molecule has 164 valence electrons. The summed E-state index contributed by atoms with van der Waals surface area (Å²) in [5.74, 6) is -2.77. The predicted molar refractivity (Wildman–Crippen MR) is 96.7 cm³/mol. The summed E-state index contributed by atoms with van der Waals surface area (Å²) in [6.07, 6.45) is -6.36. The third-order valence-electron chi connectivity index (χ3n) is 4.03. The van der Waals surface area contributed by atoms with Gasteiger partial charge in [-0.25, -0.2) is 9.59 Å². The normalized spacial score (nSPS) is 18.5. The van der Waals surface area contributed by atoms with Gasteiger partial charge in [0.2, 0.25) is 0 Å². The van der Waals surface area contributed by atoms with E-state index < -0.39 is 46.9 Å². The highest BCUT2D eigenvalue weighted by Gasteiger charge is 2.58. The fraction of sp³-hybridized carbons (Fsp3) is 0.421. The van der Waals surface area contributed by atoms with Crippen LogP contribution in [0.4, 0.5) is 23.7 Å². The van der Waals surface area contributed by atoms with Crippen molar-refractivity contribution in [3.05, 3.63) is 35.9 Å². The first-order valence-electron chi connectivity index (χ1n) is 8.50. The Morgan fingerprint density at radius 2 is 1.77 bits per heavy atom. The molecule has 0 N–H and O–H groups in total. The summed E-state index contributed by atoms with van der Waals surface area (Å²) in [5, 5.41) is 0. The van der Waals surface area contributed by atoms with E-state index in [4.69, 9.17) is 9.47 Å². The average molecular weight is 431 g/mol. The van der Waals surface area contributed by atoms with E-state index in [-0.39, 0.29) is 11.3 Å². The summed E-state index contributed by atoms with van der Waals surface area (Å²) in [6, 6.07) is 2.96. The second kappa shape index (κ2) is 7.54. The number of anilines is 1. The molecule has 1 amide bonds. The molecule has 0 aliphatic carbocycles. The van der Waals surface area contributed by atoms with Gasteiger partial charge in [-0.3, -0.25) is 4.79 Å². The molecule has 0 bridgehead atoms. The Bertz CT molecular complexity index is 904. The van der Waals surface area contributed by atoms with Crippen molar-refractivity contribution in [1.82, 2.24) is 0 Å². The van der Waals surface area contributed by atoms with Gasteiger partial charge >= 0.3 is 18.5 Å². The predicted octanol–water partition coefficient (Wildman–Crippen LogP) is 3.44. The smallest absolute Gasteiger partial charge is 0.466 e. The monoisotopic (exact) mass is 431 g/mol. The van der Waals surface area contributed by atoms with Crippen LogP contribution in [-0.4, -0.2) is 44.2 Å². The van der Waals surface area contributed by atoms with Crippen LogP contribution in [0.25, 0.3) is 0 Å². The minimum atomic E-state index is -5.02. The molecule has 30 heavy (non-hydrogen) atoms. The van der Waals surface area contributed by atoms with Crippen molar-refractivity contribution >= 4 is 23.7 Å². The lowest BCUT2D eigenvalue weighted by atomic mass is 9.87. The van der Waals surface area contributed by atoms with E-state index in [2.05, 4.69) is 16.1 Å². The van der Waals surface area contributed by atoms with Crippen molar-refractivity contribution in [2.24, 2.45) is 0 Å². The number of halogens is 3. The standard InChI is InChI=1S/C19H20F3NO7/c1-10(14(24)27-6)18(30-16(26)29-17(2,3)4)12-9-11(28-19(20,21)22)7-8-13(12)23(5)15(18)25/h7-9H,1H2,2-6H3. The van der Waals surface area contributed by atoms with Crippen molar-refractivity contribution in [1.29, 1.82) is 0 Å². The molecule has 1 aromatic rings. The molecule has 1 aliphatic heterocycles. The highest BCUT2D eigenvalue weighted by atomic mass is 19.4. The third kappa shape index (κ3) is 4.34. The van der Waals surface area contributed by atoms with Crippen LogP contribution >= 0.6 is 0 Å². The van der Waals surface area contributed by atoms with Crippen LogP contribution in [0.3, 0.4) is 0 Å². The number of hydrogen-bond acceptors (Lipinski definition) is 7. The molecule has 1 heterocycles. The van der Waals surface area contributed by atoms with Gasteiger partial charge in [0.15, 0.2) is 0 Å². The molecule has 1 aromatic carbocycles. The zero-order valence-corrected chi connectivity index (χ0v) is 16.9. The molecule has 0 fully saturated rings. The maximum atomic E-state index is 13.1. The first-order chi connectivity index (χ1) is 13.6. The second-order valence-corrected chi connectivity index (χ2v) is 7.31. The number of likely N-dealkylation sites (N-methyl/N-ethyl adjacent to an activating group) is 1. The summed E-state index contributed by atoms with van der Waals surface area (Å²) in [5.41, 5.74) is -4.36. The van der Waals surface area contributed by atoms with Crippen LogP contribution < -0.4 is 9.64 Å². The highest BCUT2D eigenvalue weighted by Crippen LogP contribution is 2.48. The summed E-state index contributed by atoms with van der Waals surface area (Å²) < 4.78 is 56.8. The molecule has 2 rings (SSSR count). The Morgan fingerprint density at radius 1 is 1.17 bits per heavy atom. The zero-order valence-electron chi connectivity index (χ0n) is 16.9. The van der Waals surface area contributed by atoms with E-state index in [0.29, 0.717) is 0 Å². The first kappa shape index (κ1) is 23.0. The maximum absolute atomic E-state index is 13.1. The number of hydrogen-bond donors (Lipinski definition) is 0. The molecule has 0 saturated carbocycles. The number of alkyl halides is 3. The number of fused-ring (bicyclic) bond motifs is 1. The Hall–Kier alpha value is -3.24. The first-order valence-corrected chi connectivity index (χ1v) is 8.50. The van der Waals surface area contributed by atoms with Gasteiger partial charge in [0.1, 0.15) is 11.4 Å². The summed E-state index contributed by atoms with van der Waals surface area (Å²) >= 11 is 0. The lowest BCUT2D eigenvalue weighted by molar-refractivity contribution is -0.274. The molecule has 8 nitrogen and oxygen atoms in total. The minimum absolute atomic E-state index is 0.0723. The van der Waals surface area contributed by atoms with Crippen LogP contribution in [0.15, 0.2) is 30.4 Å². The van der Waals surface area contributed by atoms with Crippen molar-refractivity contribution in [2.75, 3.05) is 19.1 Å². The summed E-state index contributed by atoms with van der Waals surface area (Å²) in [6.45, 7) is 8.09. The lowest BCUT2D eigenvalue weighted by Gasteiger charge is -2.30. The van der Waals surface area contributed by atoms with Gasteiger partial charge in [0.05, 0.1) is 18.4 Å². The van der Waals surface area contributed by atoms with Crippen LogP contribution in [0.5, 0.6) is 5.75 Å². The quantitative estimate of drug-likeness (QED) is 0.533. The minimum Gasteiger partial charge on any atom is -0.466 e. The molecule has 1 aliphatic rings. The number of nitrogens with zero attached hydrogens (tertiary/aromatic N) is 1. The van der Waals surface area contributed by atoms with Gasteiger partial charge in [-0.15, -0.1) is 13.2 Å². The number of esters is 1. The van der Waals surface area contributed by atoms with E-state index in [9.17, 15) is 27.6 Å². The molecular weight excluding hydrogens is 411 g/mol. The SMILES string of the molecule is C=C(C(=O)OC)C1(OC(=O)OC(C)(C)C)C(=O)N(C)c2ccc(OC(F)(F)F)cc21. The highest BCUT2D eigenvalue weighted by molar-refractivity contribution is 6.14. The van der Waals surface area contributed by atoms with Crippen molar-refractivity contribution in [2.45, 2.75) is 38.3 Å². The Morgan fingerprint density at radius 3 is 2.27 bits per heavy atom. The Balaban J connectivity index is 2.68. The van der Waals surface area contributed by atoms with Crippen molar-refractivity contribution < 1.29 is 46.5 Å². The van der Waals surface area contributed by atoms with Crippen LogP contribution in [0.1, 0.15) is 26.3 Å². The molecule has 1 unspecified atom stereocenters. The lowest BCUT2D eigenvalue weighted by Crippen LogP contribution is -2.46. The number of methoxy groups -OCH3 is 1. The maximum Gasteiger partial charge on any atom is 0.573 e. The molecule has 0 radical (unpaired) electrons. The van der Waals surface area contributed by atoms with Crippen LogP contribution in [0.2, 0.25) is 0 Å². The van der Waals surface area contributed by atoms with Gasteiger partial charge < -0.3 is 23.8 Å². The van der Waals surface area contributed by atoms with Gasteiger partial charge in [-0.1, -0.05) is 6.58 Å². The van der Waals surface area contributed by atoms with E-state index >= 15 is 0 Å². The average Bonchev–Trinajstić information content (AvgIpc) is 2.79. The fourth-order valence-corrected chi connectivity index (χ4v) is 2.86. The number of rotatable bonds is 4. The molecule has 1 atom stereocenters. The van der Waals surface area contributed by atoms with Gasteiger partial charge in [-0.05, 0) is 39.0 Å². The van der Waals surface area contributed by atoms with Gasteiger partial charge in [-0.2, -0.15) is 0 Å². The van der Waals surface area contributed by atoms with Crippen molar-refractivity contribution in [3.8, 4) is 5.75 Å². The summed E-state index contributed by atoms with van der Waals surface area (Å²) in [7, 11) is 2.29. The van der Waals surface area contributed by atoms with Crippen LogP contribution in [0, 0.1) is 0 Å². The van der Waals surface area contributed by atoms with E-state index in [1.54, 1.807) is 0 Å². The van der Waals surface area contributed by atoms with E-state index in [1.165, 1.54) is 27.8 Å². The van der Waals surface area contributed by atoms with E-state index in [1.807, 2.05) is 0 Å². The molecule has 0 spiro atoms. The Labute approximate surface area is 170 Å². The zero-order chi connectivity index (χ0) is 23.1. The number of benzene rings is 1. The Kier molecular flexibility index (Phi) is 5.79. The van der Waals surface area contributed by atoms with Crippen molar-refractivity contribution in [3.63, 3.8) is 0 Å². The largest absolute Gasteiger partial charge is 0.573 e. The number of ether oxygens (including phenoxy) is 4. The summed E-state index contributed by atoms with van der Waals surface area (Å²) in [4.78, 5) is 38.7. The second-order valence-electron chi connectivity index (χ2n) is 7.31. The molecule has 11 heteroatoms. The number of carbonyl (C=O) groups excluding carboxylic acids is 3. The molecular formula is C19H20F3NO7. The molecule has 0 saturated heterocycles. The topological polar surface area (TPSA) is 91.4 Å². The molecule has 0 aromatic heterocycles. The van der Waals surface area contributed by atoms with Gasteiger partial charge in [0.25, 0.3) is 11.5 Å². The number of carbonyl (C=O) groups is 3. The van der Waals surface area contributed by atoms with Crippen LogP contribution in [-0.2, 0) is 29.4 Å². The van der Waals surface area contributed by atoms with E-state index in [0.717, 1.165) is 30.2 Å².